The van der Waals surface area contributed by atoms with E-state index in [4.69, 9.17) is 18.9 Å². The van der Waals surface area contributed by atoms with Crippen LogP contribution in [0.5, 0.6) is 0 Å². The minimum atomic E-state index is -2.06. The second-order valence-corrected chi connectivity index (χ2v) is 7.98. The lowest BCUT2D eigenvalue weighted by Crippen LogP contribution is -2.69. The zero-order chi connectivity index (χ0) is 21.8. The van der Waals surface area contributed by atoms with E-state index in [1.54, 1.807) is 0 Å². The molecule has 0 N–H and O–H groups in total. The van der Waals surface area contributed by atoms with Gasteiger partial charge in [0.2, 0.25) is 0 Å². The molecule has 0 heterocycles. The number of hydrogen-bond acceptors (Lipinski definition) is 10. The van der Waals surface area contributed by atoms with E-state index >= 15 is 0 Å². The van der Waals surface area contributed by atoms with Crippen molar-refractivity contribution in [2.45, 2.75) is 32.1 Å². The van der Waals surface area contributed by atoms with Crippen LogP contribution in [0.1, 0.15) is 32.1 Å². The SMILES string of the molecule is COC(=O)[C@]12C[C@@]3(C(=O)OC)C[C@@](C(=O)OC)(CC[C@](C(=O)OC)(C1)C3=O)C2=O. The summed E-state index contributed by atoms with van der Waals surface area (Å²) in [6.07, 6.45) is -2.11. The Labute approximate surface area is 166 Å². The Hall–Kier alpha value is -2.78. The van der Waals surface area contributed by atoms with Crippen LogP contribution in [0.15, 0.2) is 0 Å². The fourth-order valence-electron chi connectivity index (χ4n) is 5.69. The summed E-state index contributed by atoms with van der Waals surface area (Å²) in [7, 11) is 4.23. The Morgan fingerprint density at radius 3 is 1.07 bits per heavy atom. The van der Waals surface area contributed by atoms with Crippen LogP contribution in [-0.4, -0.2) is 63.9 Å². The molecule has 4 fully saturated rings. The lowest BCUT2D eigenvalue weighted by molar-refractivity contribution is -0.196. The summed E-state index contributed by atoms with van der Waals surface area (Å²) in [6, 6.07) is 0. The number of ether oxygens (including phenoxy) is 4. The maximum absolute atomic E-state index is 13.6. The van der Waals surface area contributed by atoms with Crippen molar-refractivity contribution in [2.75, 3.05) is 28.4 Å². The molecule has 0 aliphatic heterocycles. The molecule has 0 spiro atoms. The van der Waals surface area contributed by atoms with Crippen molar-refractivity contribution < 1.29 is 47.7 Å². The number of ketones is 2. The van der Waals surface area contributed by atoms with Gasteiger partial charge in [-0.25, -0.2) is 0 Å². The molecule has 0 unspecified atom stereocenters. The third-order valence-electron chi connectivity index (χ3n) is 6.83. The van der Waals surface area contributed by atoms with Crippen LogP contribution in [0.4, 0.5) is 0 Å². The number of rotatable bonds is 4. The van der Waals surface area contributed by atoms with Crippen molar-refractivity contribution in [3.8, 4) is 0 Å². The second kappa shape index (κ2) is 6.36. The van der Waals surface area contributed by atoms with Gasteiger partial charge in [-0.15, -0.1) is 0 Å². The van der Waals surface area contributed by atoms with Crippen molar-refractivity contribution in [2.24, 2.45) is 21.7 Å². The molecule has 0 aromatic heterocycles. The molecule has 158 valence electrons. The Balaban J connectivity index is 2.43. The fourth-order valence-corrected chi connectivity index (χ4v) is 5.69. The number of fused-ring (bicyclic) bond motifs is 1. The Morgan fingerprint density at radius 1 is 0.552 bits per heavy atom. The number of Topliss-reactive ketones (excluding diaryl/α,β-unsaturated/α-hetero) is 2. The second-order valence-electron chi connectivity index (χ2n) is 7.98. The molecule has 4 rings (SSSR count). The van der Waals surface area contributed by atoms with E-state index in [0.717, 1.165) is 28.4 Å². The zero-order valence-electron chi connectivity index (χ0n) is 16.6. The molecule has 4 bridgehead atoms. The van der Waals surface area contributed by atoms with Gasteiger partial charge >= 0.3 is 23.9 Å². The van der Waals surface area contributed by atoms with E-state index in [0.29, 0.717) is 0 Å². The number of hydrogen-bond donors (Lipinski definition) is 0. The molecule has 10 heteroatoms. The molecule has 4 atom stereocenters. The highest BCUT2D eigenvalue weighted by Crippen LogP contribution is 2.68. The summed E-state index contributed by atoms with van der Waals surface area (Å²) < 4.78 is 19.4. The molecule has 10 nitrogen and oxygen atoms in total. The smallest absolute Gasteiger partial charge is 0.319 e. The molecule has 29 heavy (non-hydrogen) atoms. The minimum absolute atomic E-state index is 0.253. The van der Waals surface area contributed by atoms with Crippen LogP contribution in [0.2, 0.25) is 0 Å². The van der Waals surface area contributed by atoms with Crippen LogP contribution < -0.4 is 0 Å². The minimum Gasteiger partial charge on any atom is -0.468 e. The molecule has 0 radical (unpaired) electrons. The average molecular weight is 410 g/mol. The highest BCUT2D eigenvalue weighted by atomic mass is 16.5. The van der Waals surface area contributed by atoms with Gasteiger partial charge in [-0.1, -0.05) is 0 Å². The summed E-state index contributed by atoms with van der Waals surface area (Å²) >= 11 is 0. The third kappa shape index (κ3) is 2.22. The Bertz CT molecular complexity index is 778. The van der Waals surface area contributed by atoms with Gasteiger partial charge in [0.05, 0.1) is 28.4 Å². The number of carbonyl (C=O) groups excluding carboxylic acids is 6. The molecule has 0 aromatic rings. The van der Waals surface area contributed by atoms with Gasteiger partial charge < -0.3 is 18.9 Å². The van der Waals surface area contributed by atoms with Gasteiger partial charge in [-0.3, -0.25) is 28.8 Å². The predicted molar refractivity (Wildman–Crippen MR) is 90.9 cm³/mol. The van der Waals surface area contributed by atoms with E-state index in [1.807, 2.05) is 0 Å². The van der Waals surface area contributed by atoms with Gasteiger partial charge in [0.15, 0.2) is 11.6 Å². The van der Waals surface area contributed by atoms with Crippen LogP contribution >= 0.6 is 0 Å². The van der Waals surface area contributed by atoms with Gasteiger partial charge in [0.25, 0.3) is 0 Å². The molecule has 0 saturated heterocycles. The number of carbonyl (C=O) groups is 6. The standard InChI is InChI=1S/C19H22O10/c1-26-12(22)16-5-6-17(13(23)27-2)8-19(10(16)20,15(25)29-4)9-18(7-16,11(17)21)14(24)28-3/h5-9H2,1-4H3/t16-,17-,18-,19-/m0/s1. The maximum Gasteiger partial charge on any atom is 0.319 e. The highest BCUT2D eigenvalue weighted by Gasteiger charge is 2.81. The van der Waals surface area contributed by atoms with Gasteiger partial charge in [0, 0.05) is 0 Å². The zero-order valence-corrected chi connectivity index (χ0v) is 16.6. The first kappa shape index (κ1) is 20.9. The summed E-state index contributed by atoms with van der Waals surface area (Å²) in [5, 5.41) is 0. The van der Waals surface area contributed by atoms with Crippen LogP contribution in [0, 0.1) is 21.7 Å². The Morgan fingerprint density at radius 2 is 0.793 bits per heavy atom. The fraction of sp³-hybridized carbons (Fsp3) is 0.684. The first-order chi connectivity index (χ1) is 13.6. The molecule has 0 amide bonds. The molecule has 4 saturated carbocycles. The predicted octanol–water partition coefficient (Wildman–Crippen LogP) is -0.246. The molecular weight excluding hydrogens is 388 g/mol. The molecule has 4 aliphatic rings. The van der Waals surface area contributed by atoms with Crippen LogP contribution in [0.3, 0.4) is 0 Å². The number of esters is 4. The van der Waals surface area contributed by atoms with Crippen molar-refractivity contribution in [3.05, 3.63) is 0 Å². The van der Waals surface area contributed by atoms with Crippen molar-refractivity contribution in [1.82, 2.24) is 0 Å². The Kier molecular flexibility index (Phi) is 4.59. The van der Waals surface area contributed by atoms with E-state index < -0.39 is 76.4 Å². The normalized spacial score (nSPS) is 37.5. The first-order valence-corrected chi connectivity index (χ1v) is 9.00. The summed E-state index contributed by atoms with van der Waals surface area (Å²) in [4.78, 5) is 78.7. The van der Waals surface area contributed by atoms with Crippen molar-refractivity contribution in [1.29, 1.82) is 0 Å². The monoisotopic (exact) mass is 410 g/mol. The van der Waals surface area contributed by atoms with E-state index in [9.17, 15) is 28.8 Å². The molecule has 4 aliphatic carbocycles. The summed E-state index contributed by atoms with van der Waals surface area (Å²) in [5.41, 5.74) is -8.05. The van der Waals surface area contributed by atoms with Crippen LogP contribution in [-0.2, 0) is 47.7 Å². The van der Waals surface area contributed by atoms with Gasteiger partial charge in [-0.2, -0.15) is 0 Å². The van der Waals surface area contributed by atoms with E-state index in [2.05, 4.69) is 0 Å². The maximum atomic E-state index is 13.6. The summed E-state index contributed by atoms with van der Waals surface area (Å²) in [6.45, 7) is 0. The van der Waals surface area contributed by atoms with Crippen molar-refractivity contribution >= 4 is 35.4 Å². The molecule has 0 aromatic carbocycles. The highest BCUT2D eigenvalue weighted by molar-refractivity contribution is 6.25. The first-order valence-electron chi connectivity index (χ1n) is 9.00. The van der Waals surface area contributed by atoms with Crippen molar-refractivity contribution in [3.63, 3.8) is 0 Å². The lowest BCUT2D eigenvalue weighted by atomic mass is 9.44. The average Bonchev–Trinajstić information content (AvgIpc) is 2.87. The number of methoxy groups -OCH3 is 4. The lowest BCUT2D eigenvalue weighted by Gasteiger charge is -2.53. The van der Waals surface area contributed by atoms with Gasteiger partial charge in [0.1, 0.15) is 21.7 Å². The van der Waals surface area contributed by atoms with Gasteiger partial charge in [-0.05, 0) is 32.1 Å². The quantitative estimate of drug-likeness (QED) is 0.346. The topological polar surface area (TPSA) is 139 Å². The van der Waals surface area contributed by atoms with E-state index in [-0.39, 0.29) is 12.8 Å². The third-order valence-corrected chi connectivity index (χ3v) is 6.83. The van der Waals surface area contributed by atoms with Crippen LogP contribution in [0.25, 0.3) is 0 Å². The van der Waals surface area contributed by atoms with E-state index in [1.165, 1.54) is 0 Å². The largest absolute Gasteiger partial charge is 0.468 e. The summed E-state index contributed by atoms with van der Waals surface area (Å²) in [5.74, 6) is -5.60. The molecular formula is C19H22O10.